The Hall–Kier alpha value is -4.11. The SMILES string of the molecule is COc1ccc(-c2c(C#N)c(N)c3c(c2-c2ccccc2)C(=O)OC3=O)cc1. The number of fused-ring (bicyclic) bond motifs is 1. The van der Waals surface area contributed by atoms with Crippen molar-refractivity contribution in [3.63, 3.8) is 0 Å². The number of ether oxygens (including phenoxy) is 2. The lowest BCUT2D eigenvalue weighted by atomic mass is 9.84. The molecule has 2 N–H and O–H groups in total. The van der Waals surface area contributed by atoms with E-state index in [1.165, 1.54) is 0 Å². The zero-order chi connectivity index (χ0) is 19.8. The Bertz CT molecular complexity index is 1160. The molecule has 0 aliphatic carbocycles. The van der Waals surface area contributed by atoms with Crippen LogP contribution in [0.4, 0.5) is 5.69 Å². The van der Waals surface area contributed by atoms with Gasteiger partial charge in [-0.15, -0.1) is 0 Å². The summed E-state index contributed by atoms with van der Waals surface area (Å²) >= 11 is 0. The maximum atomic E-state index is 12.5. The van der Waals surface area contributed by atoms with E-state index < -0.39 is 11.9 Å². The number of carbonyl (C=O) groups is 2. The highest BCUT2D eigenvalue weighted by molar-refractivity contribution is 6.23. The highest BCUT2D eigenvalue weighted by Gasteiger charge is 2.38. The third-order valence-electron chi connectivity index (χ3n) is 4.69. The number of esters is 2. The number of nitriles is 1. The fraction of sp³-hybridized carbons (Fsp3) is 0.0455. The maximum absolute atomic E-state index is 12.5. The van der Waals surface area contributed by atoms with Crippen LogP contribution in [0.1, 0.15) is 26.3 Å². The second-order valence-electron chi connectivity index (χ2n) is 6.17. The number of cyclic esters (lactones) is 2. The summed E-state index contributed by atoms with van der Waals surface area (Å²) in [5.74, 6) is -0.968. The summed E-state index contributed by atoms with van der Waals surface area (Å²) in [5, 5.41) is 9.82. The summed E-state index contributed by atoms with van der Waals surface area (Å²) in [5.41, 5.74) is 8.48. The molecule has 0 bridgehead atoms. The van der Waals surface area contributed by atoms with Crippen molar-refractivity contribution < 1.29 is 19.1 Å². The predicted octanol–water partition coefficient (Wildman–Crippen LogP) is 3.79. The van der Waals surface area contributed by atoms with E-state index in [9.17, 15) is 14.9 Å². The zero-order valence-electron chi connectivity index (χ0n) is 14.9. The van der Waals surface area contributed by atoms with Gasteiger partial charge >= 0.3 is 11.9 Å². The van der Waals surface area contributed by atoms with Crippen LogP contribution in [-0.4, -0.2) is 19.0 Å². The van der Waals surface area contributed by atoms with Crippen LogP contribution in [0.3, 0.4) is 0 Å². The van der Waals surface area contributed by atoms with Crippen molar-refractivity contribution in [1.82, 2.24) is 0 Å². The minimum absolute atomic E-state index is 0.0566. The molecule has 0 unspecified atom stereocenters. The Kier molecular flexibility index (Phi) is 4.06. The first-order chi connectivity index (χ1) is 13.6. The quantitative estimate of drug-likeness (QED) is 0.427. The second-order valence-corrected chi connectivity index (χ2v) is 6.17. The van der Waals surface area contributed by atoms with Crippen LogP contribution in [-0.2, 0) is 4.74 Å². The van der Waals surface area contributed by atoms with Gasteiger partial charge in [0, 0.05) is 11.1 Å². The Morgan fingerprint density at radius 3 is 2.07 bits per heavy atom. The molecule has 3 aromatic rings. The average Bonchev–Trinajstić information content (AvgIpc) is 3.03. The van der Waals surface area contributed by atoms with E-state index in [1.54, 1.807) is 43.5 Å². The van der Waals surface area contributed by atoms with E-state index in [-0.39, 0.29) is 22.4 Å². The molecule has 1 aliphatic rings. The van der Waals surface area contributed by atoms with Crippen molar-refractivity contribution in [1.29, 1.82) is 5.26 Å². The molecule has 0 radical (unpaired) electrons. The molecular formula is C22H14N2O4. The summed E-state index contributed by atoms with van der Waals surface area (Å²) in [6.07, 6.45) is 0. The molecule has 6 nitrogen and oxygen atoms in total. The first kappa shape index (κ1) is 17.3. The number of nitrogen functional groups attached to an aromatic ring is 1. The first-order valence-electron chi connectivity index (χ1n) is 8.42. The number of carbonyl (C=O) groups excluding carboxylic acids is 2. The van der Waals surface area contributed by atoms with E-state index >= 15 is 0 Å². The summed E-state index contributed by atoms with van der Waals surface area (Å²) in [7, 11) is 1.56. The molecule has 3 aromatic carbocycles. The number of anilines is 1. The molecule has 0 atom stereocenters. The molecule has 0 aromatic heterocycles. The van der Waals surface area contributed by atoms with Gasteiger partial charge in [0.05, 0.1) is 29.5 Å². The van der Waals surface area contributed by atoms with Crippen molar-refractivity contribution in [3.8, 4) is 34.1 Å². The van der Waals surface area contributed by atoms with Gasteiger partial charge in [-0.25, -0.2) is 9.59 Å². The van der Waals surface area contributed by atoms with Gasteiger partial charge in [-0.2, -0.15) is 5.26 Å². The van der Waals surface area contributed by atoms with Gasteiger partial charge in [-0.1, -0.05) is 42.5 Å². The normalized spacial score (nSPS) is 12.3. The molecule has 0 saturated carbocycles. The van der Waals surface area contributed by atoms with Crippen LogP contribution in [0.5, 0.6) is 5.75 Å². The van der Waals surface area contributed by atoms with Crippen molar-refractivity contribution >= 4 is 17.6 Å². The molecule has 28 heavy (non-hydrogen) atoms. The van der Waals surface area contributed by atoms with Crippen molar-refractivity contribution in [2.24, 2.45) is 0 Å². The number of benzene rings is 3. The Morgan fingerprint density at radius 2 is 1.46 bits per heavy atom. The first-order valence-corrected chi connectivity index (χ1v) is 8.42. The molecule has 4 rings (SSSR count). The number of rotatable bonds is 3. The fourth-order valence-corrected chi connectivity index (χ4v) is 3.43. The largest absolute Gasteiger partial charge is 0.497 e. The number of nitrogens with zero attached hydrogens (tertiary/aromatic N) is 1. The Balaban J connectivity index is 2.16. The topological polar surface area (TPSA) is 102 Å². The fourth-order valence-electron chi connectivity index (χ4n) is 3.43. The standard InChI is InChI=1S/C22H14N2O4/c1-27-14-9-7-13(8-10-14)16-15(11-23)20(24)19-18(21(25)28-22(19)26)17(16)12-5-3-2-4-6-12/h2-10H,24H2,1H3. The molecule has 0 spiro atoms. The van der Waals surface area contributed by atoms with Crippen LogP contribution in [0.15, 0.2) is 54.6 Å². The van der Waals surface area contributed by atoms with Gasteiger partial charge < -0.3 is 15.2 Å². The van der Waals surface area contributed by atoms with Gasteiger partial charge in [0.15, 0.2) is 0 Å². The summed E-state index contributed by atoms with van der Waals surface area (Å²) in [4.78, 5) is 24.7. The number of hydrogen-bond acceptors (Lipinski definition) is 6. The molecule has 0 saturated heterocycles. The van der Waals surface area contributed by atoms with Crippen molar-refractivity contribution in [2.75, 3.05) is 12.8 Å². The minimum atomic E-state index is -0.840. The van der Waals surface area contributed by atoms with Gasteiger partial charge in [-0.05, 0) is 23.3 Å². The highest BCUT2D eigenvalue weighted by atomic mass is 16.6. The van der Waals surface area contributed by atoms with Crippen LogP contribution < -0.4 is 10.5 Å². The van der Waals surface area contributed by atoms with Crippen LogP contribution in [0.2, 0.25) is 0 Å². The third-order valence-corrected chi connectivity index (χ3v) is 4.69. The van der Waals surface area contributed by atoms with E-state index in [1.807, 2.05) is 18.2 Å². The highest BCUT2D eigenvalue weighted by Crippen LogP contribution is 2.45. The lowest BCUT2D eigenvalue weighted by Gasteiger charge is -2.17. The average molecular weight is 370 g/mol. The van der Waals surface area contributed by atoms with Crippen molar-refractivity contribution in [3.05, 3.63) is 71.3 Å². The van der Waals surface area contributed by atoms with Crippen LogP contribution >= 0.6 is 0 Å². The van der Waals surface area contributed by atoms with E-state index in [0.29, 0.717) is 28.0 Å². The van der Waals surface area contributed by atoms with Crippen LogP contribution in [0, 0.1) is 11.3 Å². The monoisotopic (exact) mass is 370 g/mol. The van der Waals surface area contributed by atoms with Crippen molar-refractivity contribution in [2.45, 2.75) is 0 Å². The lowest BCUT2D eigenvalue weighted by Crippen LogP contribution is -2.07. The lowest BCUT2D eigenvalue weighted by molar-refractivity contribution is 0.0444. The van der Waals surface area contributed by atoms with Gasteiger partial charge in [0.1, 0.15) is 11.8 Å². The Labute approximate surface area is 160 Å². The minimum Gasteiger partial charge on any atom is -0.497 e. The maximum Gasteiger partial charge on any atom is 0.349 e. The van der Waals surface area contributed by atoms with E-state index in [0.717, 1.165) is 0 Å². The molecule has 0 amide bonds. The molecule has 0 fully saturated rings. The number of hydrogen-bond donors (Lipinski definition) is 1. The van der Waals surface area contributed by atoms with Crippen LogP contribution in [0.25, 0.3) is 22.3 Å². The summed E-state index contributed by atoms with van der Waals surface area (Å²) < 4.78 is 10.0. The second kappa shape index (κ2) is 6.56. The predicted molar refractivity (Wildman–Crippen MR) is 103 cm³/mol. The molecule has 136 valence electrons. The third kappa shape index (κ3) is 2.49. The molecule has 1 aliphatic heterocycles. The zero-order valence-corrected chi connectivity index (χ0v) is 14.9. The van der Waals surface area contributed by atoms with E-state index in [2.05, 4.69) is 6.07 Å². The number of nitrogens with two attached hydrogens (primary N) is 1. The number of methoxy groups -OCH3 is 1. The molecular weight excluding hydrogens is 356 g/mol. The Morgan fingerprint density at radius 1 is 0.857 bits per heavy atom. The summed E-state index contributed by atoms with van der Waals surface area (Å²) in [6.45, 7) is 0. The van der Waals surface area contributed by atoms with E-state index in [4.69, 9.17) is 15.2 Å². The molecule has 6 heteroatoms. The summed E-state index contributed by atoms with van der Waals surface area (Å²) in [6, 6.07) is 18.2. The molecule has 1 heterocycles. The van der Waals surface area contributed by atoms with Gasteiger partial charge in [-0.3, -0.25) is 0 Å². The smallest absolute Gasteiger partial charge is 0.349 e. The van der Waals surface area contributed by atoms with Gasteiger partial charge in [0.25, 0.3) is 0 Å². The van der Waals surface area contributed by atoms with Gasteiger partial charge in [0.2, 0.25) is 0 Å².